The Labute approximate surface area is 165 Å². The van der Waals surface area contributed by atoms with E-state index < -0.39 is 0 Å². The van der Waals surface area contributed by atoms with Crippen molar-refractivity contribution < 1.29 is 9.53 Å². The Morgan fingerprint density at radius 1 is 1.15 bits per heavy atom. The monoisotopic (exact) mass is 385 g/mol. The van der Waals surface area contributed by atoms with Gasteiger partial charge in [-0.15, -0.1) is 11.3 Å². The average molecular weight is 386 g/mol. The molecule has 5 nitrogen and oxygen atoms in total. The van der Waals surface area contributed by atoms with Crippen molar-refractivity contribution in [3.63, 3.8) is 0 Å². The van der Waals surface area contributed by atoms with Crippen LogP contribution in [0.4, 0.5) is 5.69 Å². The molecule has 2 heterocycles. The van der Waals surface area contributed by atoms with Gasteiger partial charge in [0.2, 0.25) is 5.91 Å². The Morgan fingerprint density at radius 2 is 1.89 bits per heavy atom. The van der Waals surface area contributed by atoms with E-state index in [4.69, 9.17) is 4.74 Å². The van der Waals surface area contributed by atoms with Crippen LogP contribution in [0.1, 0.15) is 17.7 Å². The first-order valence-electron chi connectivity index (χ1n) is 9.66. The molecule has 0 atom stereocenters. The summed E-state index contributed by atoms with van der Waals surface area (Å²) in [7, 11) is 1.68. The van der Waals surface area contributed by atoms with Crippen molar-refractivity contribution in [2.75, 3.05) is 44.7 Å². The molecule has 27 heavy (non-hydrogen) atoms. The fourth-order valence-corrected chi connectivity index (χ4v) is 4.37. The average Bonchev–Trinajstić information content (AvgIpc) is 3.44. The van der Waals surface area contributed by atoms with Crippen molar-refractivity contribution in [3.8, 4) is 5.75 Å². The van der Waals surface area contributed by atoms with Crippen LogP contribution in [0.25, 0.3) is 0 Å². The van der Waals surface area contributed by atoms with E-state index in [1.807, 2.05) is 17.0 Å². The van der Waals surface area contributed by atoms with Gasteiger partial charge in [0.05, 0.1) is 13.7 Å². The zero-order valence-corrected chi connectivity index (χ0v) is 16.7. The van der Waals surface area contributed by atoms with E-state index in [1.165, 1.54) is 23.4 Å². The molecule has 1 amide bonds. The van der Waals surface area contributed by atoms with Crippen LogP contribution in [-0.4, -0.2) is 61.6 Å². The Balaban J connectivity index is 1.29. The Kier molecular flexibility index (Phi) is 5.64. The molecule has 0 unspecified atom stereocenters. The molecule has 0 bridgehead atoms. The van der Waals surface area contributed by atoms with Gasteiger partial charge >= 0.3 is 0 Å². The molecule has 1 saturated heterocycles. The lowest BCUT2D eigenvalue weighted by atomic mass is 10.2. The number of thiophene rings is 1. The van der Waals surface area contributed by atoms with Crippen molar-refractivity contribution in [3.05, 3.63) is 46.7 Å². The van der Waals surface area contributed by atoms with E-state index in [0.717, 1.165) is 38.5 Å². The lowest BCUT2D eigenvalue weighted by molar-refractivity contribution is -0.133. The Hall–Kier alpha value is -2.05. The van der Waals surface area contributed by atoms with Gasteiger partial charge in [-0.2, -0.15) is 0 Å². The third-order valence-electron chi connectivity index (χ3n) is 5.41. The van der Waals surface area contributed by atoms with E-state index in [0.29, 0.717) is 12.6 Å². The van der Waals surface area contributed by atoms with Crippen LogP contribution in [0.15, 0.2) is 41.8 Å². The predicted octanol–water partition coefficient (Wildman–Crippen LogP) is 3.07. The minimum atomic E-state index is 0.271. The molecule has 0 spiro atoms. The SMILES string of the molecule is COc1ccc(N2CCN(C(=O)CN(Cc3cccs3)C3CC3)CC2)cc1. The third-order valence-corrected chi connectivity index (χ3v) is 6.27. The predicted molar refractivity (Wildman–Crippen MR) is 110 cm³/mol. The number of nitrogens with zero attached hydrogens (tertiary/aromatic N) is 3. The molecular weight excluding hydrogens is 358 g/mol. The van der Waals surface area contributed by atoms with Crippen LogP contribution < -0.4 is 9.64 Å². The summed E-state index contributed by atoms with van der Waals surface area (Å²) in [5.41, 5.74) is 1.19. The quantitative estimate of drug-likeness (QED) is 0.734. The summed E-state index contributed by atoms with van der Waals surface area (Å²) < 4.78 is 5.23. The lowest BCUT2D eigenvalue weighted by Crippen LogP contribution is -2.51. The van der Waals surface area contributed by atoms with Crippen LogP contribution in [-0.2, 0) is 11.3 Å². The second-order valence-electron chi connectivity index (χ2n) is 7.28. The highest BCUT2D eigenvalue weighted by atomic mass is 32.1. The van der Waals surface area contributed by atoms with Crippen molar-refractivity contribution in [2.24, 2.45) is 0 Å². The number of anilines is 1. The molecule has 1 aromatic carbocycles. The lowest BCUT2D eigenvalue weighted by Gasteiger charge is -2.37. The maximum atomic E-state index is 12.8. The maximum Gasteiger partial charge on any atom is 0.236 e. The number of carbonyl (C=O) groups excluding carboxylic acids is 1. The summed E-state index contributed by atoms with van der Waals surface area (Å²) in [5.74, 6) is 1.14. The molecule has 0 N–H and O–H groups in total. The van der Waals surface area contributed by atoms with Gasteiger partial charge < -0.3 is 14.5 Å². The molecule has 144 valence electrons. The molecular formula is C21H27N3O2S. The molecule has 0 radical (unpaired) electrons. The van der Waals surface area contributed by atoms with Crippen molar-refractivity contribution >= 4 is 22.9 Å². The number of ether oxygens (including phenoxy) is 1. The first-order valence-corrected chi connectivity index (χ1v) is 10.5. The van der Waals surface area contributed by atoms with Gasteiger partial charge in [-0.1, -0.05) is 6.07 Å². The van der Waals surface area contributed by atoms with E-state index >= 15 is 0 Å². The van der Waals surface area contributed by atoms with E-state index in [9.17, 15) is 4.79 Å². The van der Waals surface area contributed by atoms with Gasteiger partial charge in [-0.3, -0.25) is 9.69 Å². The highest BCUT2D eigenvalue weighted by molar-refractivity contribution is 7.09. The highest BCUT2D eigenvalue weighted by Gasteiger charge is 2.32. The third kappa shape index (κ3) is 4.62. The number of rotatable bonds is 7. The number of amides is 1. The molecule has 1 aromatic heterocycles. The minimum Gasteiger partial charge on any atom is -0.497 e. The number of benzene rings is 1. The van der Waals surface area contributed by atoms with Crippen LogP contribution in [0.3, 0.4) is 0 Å². The number of hydrogen-bond acceptors (Lipinski definition) is 5. The van der Waals surface area contributed by atoms with Gasteiger partial charge in [0.15, 0.2) is 0 Å². The topological polar surface area (TPSA) is 36.0 Å². The second kappa shape index (κ2) is 8.31. The van der Waals surface area contributed by atoms with Crippen LogP contribution in [0.2, 0.25) is 0 Å². The van der Waals surface area contributed by atoms with Gasteiger partial charge in [-0.25, -0.2) is 0 Å². The number of hydrogen-bond donors (Lipinski definition) is 0. The van der Waals surface area contributed by atoms with Crippen molar-refractivity contribution in [2.45, 2.75) is 25.4 Å². The minimum absolute atomic E-state index is 0.271. The Morgan fingerprint density at radius 3 is 2.48 bits per heavy atom. The van der Waals surface area contributed by atoms with Crippen LogP contribution in [0, 0.1) is 0 Å². The van der Waals surface area contributed by atoms with Crippen LogP contribution >= 0.6 is 11.3 Å². The van der Waals surface area contributed by atoms with Crippen LogP contribution in [0.5, 0.6) is 5.75 Å². The molecule has 6 heteroatoms. The number of carbonyl (C=O) groups is 1. The van der Waals surface area contributed by atoms with Crippen molar-refractivity contribution in [1.29, 1.82) is 0 Å². The largest absolute Gasteiger partial charge is 0.497 e. The smallest absolute Gasteiger partial charge is 0.236 e. The zero-order valence-electron chi connectivity index (χ0n) is 15.8. The second-order valence-corrected chi connectivity index (χ2v) is 8.31. The number of piperazine rings is 1. The Bertz CT molecular complexity index is 735. The van der Waals surface area contributed by atoms with Gasteiger partial charge in [0.1, 0.15) is 5.75 Å². The van der Waals surface area contributed by atoms with Crippen molar-refractivity contribution in [1.82, 2.24) is 9.80 Å². The van der Waals surface area contributed by atoms with Gasteiger partial charge in [0.25, 0.3) is 0 Å². The molecule has 2 aliphatic rings. The highest BCUT2D eigenvalue weighted by Crippen LogP contribution is 2.29. The zero-order chi connectivity index (χ0) is 18.6. The number of methoxy groups -OCH3 is 1. The summed E-state index contributed by atoms with van der Waals surface area (Å²) in [6.45, 7) is 4.80. The van der Waals surface area contributed by atoms with E-state index in [-0.39, 0.29) is 5.91 Å². The summed E-state index contributed by atoms with van der Waals surface area (Å²) in [6, 6.07) is 13.0. The maximum absolute atomic E-state index is 12.8. The normalized spacial score (nSPS) is 17.4. The standard InChI is InChI=1S/C21H27N3O2S/c1-26-19-8-6-17(7-9-19)22-10-12-23(13-11-22)21(25)16-24(18-4-5-18)15-20-3-2-14-27-20/h2-3,6-9,14,18H,4-5,10-13,15-16H2,1H3. The molecule has 2 aromatic rings. The summed E-state index contributed by atoms with van der Waals surface area (Å²) >= 11 is 1.78. The van der Waals surface area contributed by atoms with E-state index in [1.54, 1.807) is 18.4 Å². The van der Waals surface area contributed by atoms with Gasteiger partial charge in [0, 0.05) is 49.3 Å². The summed E-state index contributed by atoms with van der Waals surface area (Å²) in [4.78, 5) is 20.9. The molecule has 4 rings (SSSR count). The molecule has 1 saturated carbocycles. The molecule has 2 fully saturated rings. The van der Waals surface area contributed by atoms with E-state index in [2.05, 4.69) is 39.4 Å². The fourth-order valence-electron chi connectivity index (χ4n) is 3.64. The molecule has 1 aliphatic carbocycles. The summed E-state index contributed by atoms with van der Waals surface area (Å²) in [5, 5.41) is 2.11. The fraction of sp³-hybridized carbons (Fsp3) is 0.476. The first-order chi connectivity index (χ1) is 13.2. The summed E-state index contributed by atoms with van der Waals surface area (Å²) in [6.07, 6.45) is 2.45. The first kappa shape index (κ1) is 18.3. The van der Waals surface area contributed by atoms with Gasteiger partial charge in [-0.05, 0) is 48.6 Å². The molecule has 1 aliphatic heterocycles.